The van der Waals surface area contributed by atoms with Crippen LogP contribution in [0.1, 0.15) is 40.5 Å². The third-order valence-corrected chi connectivity index (χ3v) is 5.00. The van der Waals surface area contributed by atoms with Crippen LogP contribution in [0.4, 0.5) is 0 Å². The van der Waals surface area contributed by atoms with E-state index in [-0.39, 0.29) is 0 Å². The third-order valence-electron chi connectivity index (χ3n) is 5.00. The van der Waals surface area contributed by atoms with E-state index in [1.807, 2.05) is 0 Å². The van der Waals surface area contributed by atoms with Gasteiger partial charge in [0.1, 0.15) is 0 Å². The molecule has 2 saturated heterocycles. The van der Waals surface area contributed by atoms with Crippen LogP contribution in [-0.4, -0.2) is 48.1 Å². The summed E-state index contributed by atoms with van der Waals surface area (Å²) in [6.07, 6.45) is 2.78. The van der Waals surface area contributed by atoms with Crippen molar-refractivity contribution in [2.24, 2.45) is 11.8 Å². The highest BCUT2D eigenvalue weighted by atomic mass is 15.3. The molecule has 2 aliphatic heterocycles. The summed E-state index contributed by atoms with van der Waals surface area (Å²) in [6, 6.07) is 0.785. The molecule has 0 aliphatic carbocycles. The van der Waals surface area contributed by atoms with Crippen LogP contribution >= 0.6 is 0 Å². The molecule has 0 N–H and O–H groups in total. The van der Waals surface area contributed by atoms with Crippen LogP contribution < -0.4 is 0 Å². The van der Waals surface area contributed by atoms with Crippen molar-refractivity contribution in [1.82, 2.24) is 9.80 Å². The Kier molecular flexibility index (Phi) is 3.33. The molecule has 2 heteroatoms. The summed E-state index contributed by atoms with van der Waals surface area (Å²) in [7, 11) is 2.26. The molecule has 0 aromatic heterocycles. The molecule has 0 amide bonds. The van der Waals surface area contributed by atoms with E-state index in [1.54, 1.807) is 0 Å². The molecule has 0 aromatic carbocycles. The van der Waals surface area contributed by atoms with Crippen LogP contribution in [0.5, 0.6) is 0 Å². The maximum atomic E-state index is 2.76. The Morgan fingerprint density at radius 1 is 1.12 bits per heavy atom. The molecule has 2 nitrogen and oxygen atoms in total. The summed E-state index contributed by atoms with van der Waals surface area (Å²) in [5.74, 6) is 1.67. The first kappa shape index (κ1) is 12.4. The number of hydrogen-bond acceptors (Lipinski definition) is 2. The maximum absolute atomic E-state index is 2.76. The Labute approximate surface area is 101 Å². The first-order chi connectivity index (χ1) is 7.43. The Bertz CT molecular complexity index is 249. The van der Waals surface area contributed by atoms with Gasteiger partial charge in [0, 0.05) is 24.7 Å². The monoisotopic (exact) mass is 224 g/mol. The molecule has 2 rings (SSSR count). The van der Waals surface area contributed by atoms with E-state index in [0.717, 1.165) is 17.9 Å². The normalized spacial score (nSPS) is 38.4. The van der Waals surface area contributed by atoms with E-state index >= 15 is 0 Å². The van der Waals surface area contributed by atoms with Gasteiger partial charge in [0.05, 0.1) is 0 Å². The molecule has 0 spiro atoms. The smallest absolute Gasteiger partial charge is 0.0199 e. The van der Waals surface area contributed by atoms with Gasteiger partial charge in [-0.15, -0.1) is 0 Å². The van der Waals surface area contributed by atoms with E-state index in [9.17, 15) is 0 Å². The molecule has 0 aromatic rings. The highest BCUT2D eigenvalue weighted by Crippen LogP contribution is 2.38. The fourth-order valence-corrected chi connectivity index (χ4v) is 4.13. The maximum Gasteiger partial charge on any atom is 0.0199 e. The topological polar surface area (TPSA) is 6.48 Å². The summed E-state index contributed by atoms with van der Waals surface area (Å²) in [5, 5.41) is 0. The van der Waals surface area contributed by atoms with Gasteiger partial charge in [0.2, 0.25) is 0 Å². The summed E-state index contributed by atoms with van der Waals surface area (Å²) >= 11 is 0. The highest BCUT2D eigenvalue weighted by molar-refractivity contribution is 4.99. The van der Waals surface area contributed by atoms with Crippen molar-refractivity contribution in [1.29, 1.82) is 0 Å². The van der Waals surface area contributed by atoms with Gasteiger partial charge < -0.3 is 4.90 Å². The van der Waals surface area contributed by atoms with Crippen molar-refractivity contribution in [3.63, 3.8) is 0 Å². The van der Waals surface area contributed by atoms with E-state index < -0.39 is 0 Å². The van der Waals surface area contributed by atoms with E-state index in [1.165, 1.54) is 32.5 Å². The summed E-state index contributed by atoms with van der Waals surface area (Å²) < 4.78 is 0. The van der Waals surface area contributed by atoms with Gasteiger partial charge in [-0.3, -0.25) is 4.90 Å². The largest absolute Gasteiger partial charge is 0.306 e. The molecule has 0 bridgehead atoms. The van der Waals surface area contributed by atoms with Crippen molar-refractivity contribution in [2.75, 3.05) is 26.7 Å². The molecular formula is C14H28N2. The first-order valence-electron chi connectivity index (χ1n) is 6.88. The first-order valence-corrected chi connectivity index (χ1v) is 6.88. The van der Waals surface area contributed by atoms with Crippen molar-refractivity contribution < 1.29 is 0 Å². The van der Waals surface area contributed by atoms with E-state index in [2.05, 4.69) is 44.5 Å². The quantitative estimate of drug-likeness (QED) is 0.711. The molecule has 2 fully saturated rings. The van der Waals surface area contributed by atoms with Crippen molar-refractivity contribution in [3.8, 4) is 0 Å². The number of likely N-dealkylation sites (tertiary alicyclic amines) is 2. The minimum absolute atomic E-state index is 0.375. The second-order valence-electron chi connectivity index (χ2n) is 6.64. The van der Waals surface area contributed by atoms with Gasteiger partial charge >= 0.3 is 0 Å². The molecule has 16 heavy (non-hydrogen) atoms. The lowest BCUT2D eigenvalue weighted by Crippen LogP contribution is -2.52. The molecular weight excluding hydrogens is 196 g/mol. The van der Waals surface area contributed by atoms with Crippen molar-refractivity contribution >= 4 is 0 Å². The Morgan fingerprint density at radius 2 is 1.81 bits per heavy atom. The number of nitrogens with zero attached hydrogens (tertiary/aromatic N) is 2. The number of rotatable bonds is 2. The van der Waals surface area contributed by atoms with Crippen LogP contribution in [0.3, 0.4) is 0 Å². The van der Waals surface area contributed by atoms with Crippen LogP contribution in [0.25, 0.3) is 0 Å². The molecule has 0 saturated carbocycles. The van der Waals surface area contributed by atoms with Crippen molar-refractivity contribution in [2.45, 2.75) is 52.1 Å². The van der Waals surface area contributed by atoms with Crippen LogP contribution in [0.2, 0.25) is 0 Å². The fourth-order valence-electron chi connectivity index (χ4n) is 4.13. The predicted octanol–water partition coefficient (Wildman–Crippen LogP) is 2.45. The number of hydrogen-bond donors (Lipinski definition) is 0. The van der Waals surface area contributed by atoms with Gasteiger partial charge in [-0.1, -0.05) is 6.92 Å². The zero-order chi connectivity index (χ0) is 11.9. The van der Waals surface area contributed by atoms with Crippen LogP contribution in [-0.2, 0) is 0 Å². The average Bonchev–Trinajstić information content (AvgIpc) is 2.72. The van der Waals surface area contributed by atoms with Crippen LogP contribution in [0, 0.1) is 11.8 Å². The lowest BCUT2D eigenvalue weighted by Gasteiger charge is -2.44. The zero-order valence-electron chi connectivity index (χ0n) is 11.7. The zero-order valence-corrected chi connectivity index (χ0v) is 11.7. The Morgan fingerprint density at radius 3 is 2.25 bits per heavy atom. The second-order valence-corrected chi connectivity index (χ2v) is 6.64. The fraction of sp³-hybridized carbons (Fsp3) is 1.00. The lowest BCUT2D eigenvalue weighted by molar-refractivity contribution is 0.0462. The van der Waals surface area contributed by atoms with Gasteiger partial charge in [-0.25, -0.2) is 0 Å². The minimum Gasteiger partial charge on any atom is -0.306 e. The Hall–Kier alpha value is -0.0800. The predicted molar refractivity (Wildman–Crippen MR) is 69.6 cm³/mol. The molecule has 0 radical (unpaired) electrons. The van der Waals surface area contributed by atoms with Crippen molar-refractivity contribution in [3.05, 3.63) is 0 Å². The SMILES string of the molecule is CC1CN(C)CC1C(C)(C)N1CCCC1C. The summed E-state index contributed by atoms with van der Waals surface area (Å²) in [5.41, 5.74) is 0.375. The molecule has 2 heterocycles. The Balaban J connectivity index is 2.11. The van der Waals surface area contributed by atoms with Gasteiger partial charge in [-0.05, 0) is 59.0 Å². The van der Waals surface area contributed by atoms with Crippen LogP contribution in [0.15, 0.2) is 0 Å². The van der Waals surface area contributed by atoms with Gasteiger partial charge in [-0.2, -0.15) is 0 Å². The third kappa shape index (κ3) is 2.02. The molecule has 2 aliphatic rings. The van der Waals surface area contributed by atoms with Gasteiger partial charge in [0.15, 0.2) is 0 Å². The van der Waals surface area contributed by atoms with E-state index in [4.69, 9.17) is 0 Å². The highest BCUT2D eigenvalue weighted by Gasteiger charge is 2.44. The minimum atomic E-state index is 0.375. The van der Waals surface area contributed by atoms with Gasteiger partial charge in [0.25, 0.3) is 0 Å². The summed E-state index contributed by atoms with van der Waals surface area (Å²) in [4.78, 5) is 5.26. The summed E-state index contributed by atoms with van der Waals surface area (Å²) in [6.45, 7) is 13.6. The lowest BCUT2D eigenvalue weighted by atomic mass is 9.79. The van der Waals surface area contributed by atoms with E-state index in [0.29, 0.717) is 5.54 Å². The molecule has 3 unspecified atom stereocenters. The molecule has 3 atom stereocenters. The second kappa shape index (κ2) is 4.30. The molecule has 94 valence electrons. The average molecular weight is 224 g/mol. The standard InChI is InChI=1S/C14H28N2/c1-11-9-15(5)10-13(11)14(3,4)16-8-6-7-12(16)2/h11-13H,6-10H2,1-5H3.